The summed E-state index contributed by atoms with van der Waals surface area (Å²) in [6.45, 7) is -0.330. The first-order valence-corrected chi connectivity index (χ1v) is 10.2. The zero-order valence-corrected chi connectivity index (χ0v) is 16.7. The summed E-state index contributed by atoms with van der Waals surface area (Å²) in [4.78, 5) is -1.03. The average Bonchev–Trinajstić information content (AvgIpc) is 3.22. The number of nitrogens with zero attached hydrogens (tertiary/aromatic N) is 3. The molecule has 0 aliphatic rings. The molecule has 0 amide bonds. The molecule has 0 bridgehead atoms. The predicted molar refractivity (Wildman–Crippen MR) is 99.1 cm³/mol. The van der Waals surface area contributed by atoms with Gasteiger partial charge in [0.1, 0.15) is 27.7 Å². The predicted octanol–water partition coefficient (Wildman–Crippen LogP) is 3.37. The molecular formula is C17H14F3N3O4S2. The maximum atomic E-state index is 14.2. The summed E-state index contributed by atoms with van der Waals surface area (Å²) >= 11 is 0.875. The van der Waals surface area contributed by atoms with Gasteiger partial charge in [-0.2, -0.15) is 0 Å². The number of methoxy groups -OCH3 is 2. The van der Waals surface area contributed by atoms with Crippen LogP contribution in [0, 0.1) is 17.5 Å². The van der Waals surface area contributed by atoms with Crippen LogP contribution in [0.3, 0.4) is 0 Å². The minimum atomic E-state index is -4.66. The van der Waals surface area contributed by atoms with Gasteiger partial charge in [-0.1, -0.05) is 11.3 Å². The van der Waals surface area contributed by atoms with E-state index in [-0.39, 0.29) is 17.7 Å². The van der Waals surface area contributed by atoms with Gasteiger partial charge in [0.15, 0.2) is 11.6 Å². The molecule has 12 heteroatoms. The highest BCUT2D eigenvalue weighted by atomic mass is 32.2. The van der Waals surface area contributed by atoms with Crippen molar-refractivity contribution in [2.45, 2.75) is 11.4 Å². The maximum absolute atomic E-state index is 14.2. The number of benzene rings is 2. The van der Waals surface area contributed by atoms with Crippen molar-refractivity contribution in [2.24, 2.45) is 0 Å². The second kappa shape index (κ2) is 8.25. The van der Waals surface area contributed by atoms with Crippen molar-refractivity contribution in [3.8, 4) is 11.5 Å². The third-order valence-corrected chi connectivity index (χ3v) is 6.49. The van der Waals surface area contributed by atoms with E-state index in [2.05, 4.69) is 10.2 Å². The Morgan fingerprint density at radius 2 is 1.76 bits per heavy atom. The van der Waals surface area contributed by atoms with Crippen LogP contribution in [0.25, 0.3) is 0 Å². The fourth-order valence-corrected chi connectivity index (χ4v) is 4.72. The first kappa shape index (κ1) is 20.9. The second-order valence-electron chi connectivity index (χ2n) is 5.61. The van der Waals surface area contributed by atoms with Gasteiger partial charge in [0, 0.05) is 23.8 Å². The van der Waals surface area contributed by atoms with Gasteiger partial charge in [0.25, 0.3) is 10.0 Å². The molecular weight excluding hydrogens is 431 g/mol. The molecule has 0 spiro atoms. The van der Waals surface area contributed by atoms with Crippen LogP contribution in [0.15, 0.2) is 40.7 Å². The summed E-state index contributed by atoms with van der Waals surface area (Å²) in [5, 5.41) is 7.23. The molecule has 3 rings (SSSR count). The van der Waals surface area contributed by atoms with E-state index in [4.69, 9.17) is 9.47 Å². The summed E-state index contributed by atoms with van der Waals surface area (Å²) in [5.41, 5.74) is 1.68. The van der Waals surface area contributed by atoms with Crippen LogP contribution in [-0.2, 0) is 16.6 Å². The SMILES string of the molecule is COc1ccc(CN(c2nncs2)S(=O)(=O)c2cc(F)c(F)cc2F)c(OC)c1. The van der Waals surface area contributed by atoms with Gasteiger partial charge in [-0.3, -0.25) is 0 Å². The monoisotopic (exact) mass is 445 g/mol. The average molecular weight is 445 g/mol. The van der Waals surface area contributed by atoms with Crippen LogP contribution >= 0.6 is 11.3 Å². The molecule has 0 saturated heterocycles. The smallest absolute Gasteiger partial charge is 0.269 e. The minimum absolute atomic E-state index is 0.0907. The third kappa shape index (κ3) is 4.12. The Bertz CT molecular complexity index is 1130. The number of ether oxygens (including phenoxy) is 2. The molecule has 0 N–H and O–H groups in total. The highest BCUT2D eigenvalue weighted by molar-refractivity contribution is 7.93. The number of halogens is 3. The van der Waals surface area contributed by atoms with Gasteiger partial charge in [-0.15, -0.1) is 10.2 Å². The Morgan fingerprint density at radius 3 is 2.38 bits per heavy atom. The minimum Gasteiger partial charge on any atom is -0.497 e. The lowest BCUT2D eigenvalue weighted by molar-refractivity contribution is 0.391. The van der Waals surface area contributed by atoms with E-state index in [1.165, 1.54) is 19.7 Å². The van der Waals surface area contributed by atoms with Crippen LogP contribution < -0.4 is 13.8 Å². The van der Waals surface area contributed by atoms with E-state index < -0.39 is 32.4 Å². The Labute approximate surface area is 168 Å². The first-order chi connectivity index (χ1) is 13.8. The van der Waals surface area contributed by atoms with Crippen LogP contribution in [0.2, 0.25) is 0 Å². The lowest BCUT2D eigenvalue weighted by Crippen LogP contribution is -2.31. The van der Waals surface area contributed by atoms with Gasteiger partial charge >= 0.3 is 0 Å². The lowest BCUT2D eigenvalue weighted by atomic mass is 10.2. The summed E-state index contributed by atoms with van der Waals surface area (Å²) in [6.07, 6.45) is 0. The van der Waals surface area contributed by atoms with Gasteiger partial charge in [-0.05, 0) is 12.1 Å². The molecule has 29 heavy (non-hydrogen) atoms. The number of aromatic nitrogens is 2. The largest absolute Gasteiger partial charge is 0.497 e. The van der Waals surface area contributed by atoms with Crippen LogP contribution in [0.4, 0.5) is 18.3 Å². The van der Waals surface area contributed by atoms with E-state index in [0.29, 0.717) is 23.1 Å². The number of hydrogen-bond acceptors (Lipinski definition) is 7. The molecule has 2 aromatic carbocycles. The molecule has 1 aromatic heterocycles. The van der Waals surface area contributed by atoms with E-state index in [1.54, 1.807) is 18.2 Å². The van der Waals surface area contributed by atoms with Gasteiger partial charge in [0.2, 0.25) is 5.13 Å². The highest BCUT2D eigenvalue weighted by Gasteiger charge is 2.32. The summed E-state index contributed by atoms with van der Waals surface area (Å²) in [5.74, 6) is -3.65. The molecule has 0 aliphatic heterocycles. The fraction of sp³-hybridized carbons (Fsp3) is 0.176. The number of rotatable bonds is 7. The Morgan fingerprint density at radius 1 is 1.03 bits per heavy atom. The number of sulfonamides is 1. The maximum Gasteiger partial charge on any atom is 0.269 e. The van der Waals surface area contributed by atoms with Gasteiger partial charge in [-0.25, -0.2) is 25.9 Å². The molecule has 154 valence electrons. The van der Waals surface area contributed by atoms with Crippen LogP contribution in [0.5, 0.6) is 11.5 Å². The quantitative estimate of drug-likeness (QED) is 0.519. The van der Waals surface area contributed by atoms with E-state index in [9.17, 15) is 21.6 Å². The van der Waals surface area contributed by atoms with Crippen molar-refractivity contribution in [1.29, 1.82) is 0 Å². The summed E-state index contributed by atoms with van der Waals surface area (Å²) in [7, 11) is -1.82. The lowest BCUT2D eigenvalue weighted by Gasteiger charge is -2.23. The van der Waals surface area contributed by atoms with E-state index in [0.717, 1.165) is 15.6 Å². The van der Waals surface area contributed by atoms with Crippen molar-refractivity contribution < 1.29 is 31.1 Å². The topological polar surface area (TPSA) is 81.6 Å². The fourth-order valence-electron chi connectivity index (χ4n) is 2.49. The van der Waals surface area contributed by atoms with Crippen molar-refractivity contribution in [3.63, 3.8) is 0 Å². The van der Waals surface area contributed by atoms with E-state index in [1.807, 2.05) is 0 Å². The van der Waals surface area contributed by atoms with Crippen LogP contribution in [0.1, 0.15) is 5.56 Å². The van der Waals surface area contributed by atoms with E-state index >= 15 is 0 Å². The molecule has 0 saturated carbocycles. The molecule has 1 heterocycles. The highest BCUT2D eigenvalue weighted by Crippen LogP contribution is 2.32. The summed E-state index contributed by atoms with van der Waals surface area (Å²) < 4.78 is 78.5. The molecule has 3 aromatic rings. The normalized spacial score (nSPS) is 11.3. The van der Waals surface area contributed by atoms with Crippen molar-refractivity contribution >= 4 is 26.5 Å². The van der Waals surface area contributed by atoms with Crippen molar-refractivity contribution in [2.75, 3.05) is 18.5 Å². The molecule has 0 unspecified atom stereocenters. The zero-order chi connectivity index (χ0) is 21.2. The van der Waals surface area contributed by atoms with Gasteiger partial charge < -0.3 is 9.47 Å². The van der Waals surface area contributed by atoms with Gasteiger partial charge in [0.05, 0.1) is 20.8 Å². The molecule has 0 fully saturated rings. The molecule has 7 nitrogen and oxygen atoms in total. The Kier molecular flexibility index (Phi) is 5.94. The standard InChI is InChI=1S/C17H14F3N3O4S2/c1-26-11-4-3-10(15(5-11)27-2)8-23(17-22-21-9-28-17)29(24,25)16-7-13(19)12(18)6-14(16)20/h3-7,9H,8H2,1-2H3. The zero-order valence-electron chi connectivity index (χ0n) is 15.1. The first-order valence-electron chi connectivity index (χ1n) is 7.92. The van der Waals surface area contributed by atoms with Crippen LogP contribution in [-0.4, -0.2) is 32.8 Å². The number of anilines is 1. The summed E-state index contributed by atoms with van der Waals surface area (Å²) in [6, 6.07) is 5.15. The number of hydrogen-bond donors (Lipinski definition) is 0. The third-order valence-electron chi connectivity index (χ3n) is 3.91. The molecule has 0 aliphatic carbocycles. The molecule has 0 radical (unpaired) electrons. The Balaban J connectivity index is 2.11. The Hall–Kier alpha value is -2.86. The molecule has 0 atom stereocenters. The van der Waals surface area contributed by atoms with Crippen molar-refractivity contribution in [1.82, 2.24) is 10.2 Å². The second-order valence-corrected chi connectivity index (χ2v) is 8.25. The van der Waals surface area contributed by atoms with Crippen molar-refractivity contribution in [3.05, 3.63) is 58.9 Å².